The van der Waals surface area contributed by atoms with E-state index in [1.807, 2.05) is 32.0 Å². The minimum Gasteiger partial charge on any atom is -0.493 e. The first-order valence-electron chi connectivity index (χ1n) is 31.8. The SMILES string of the molecule is CCCCCCCCCCCCOc1cc(CNC(=O)[C@@H](NC(=O)c2cc(OCCOCCOCCOC)c(OCCOCCOCCOC)c(OCCOCCOCCOC)c2)C(C)CC)cc(OCCCCCCCCCCCC)c1. The van der Waals surface area contributed by atoms with Crippen molar-refractivity contribution in [2.24, 2.45) is 5.92 Å². The fraction of sp³-hybridized carbons (Fsp3) is 0.785. The van der Waals surface area contributed by atoms with E-state index in [0.29, 0.717) is 110 Å². The molecule has 2 aromatic carbocycles. The smallest absolute Gasteiger partial charge is 0.252 e. The van der Waals surface area contributed by atoms with Crippen LogP contribution in [-0.4, -0.2) is 171 Å². The number of hydrogen-bond donors (Lipinski definition) is 2. The van der Waals surface area contributed by atoms with Crippen molar-refractivity contribution < 1.29 is 75.9 Å². The summed E-state index contributed by atoms with van der Waals surface area (Å²) in [5, 5.41) is 6.18. The molecule has 2 aromatic rings. The lowest BCUT2D eigenvalue weighted by Crippen LogP contribution is -2.50. The van der Waals surface area contributed by atoms with Crippen molar-refractivity contribution in [2.45, 2.75) is 175 Å². The summed E-state index contributed by atoms with van der Waals surface area (Å²) in [6.07, 6.45) is 25.6. The van der Waals surface area contributed by atoms with Crippen molar-refractivity contribution in [3.8, 4) is 28.7 Å². The average Bonchev–Trinajstić information content (AvgIpc) is 3.59. The van der Waals surface area contributed by atoms with Gasteiger partial charge in [0.1, 0.15) is 37.4 Å². The minimum absolute atomic E-state index is 0.121. The van der Waals surface area contributed by atoms with E-state index in [2.05, 4.69) is 24.5 Å². The number of carbonyl (C=O) groups is 2. The van der Waals surface area contributed by atoms with E-state index < -0.39 is 11.9 Å². The molecule has 18 heteroatoms. The van der Waals surface area contributed by atoms with Gasteiger partial charge in [0.2, 0.25) is 11.7 Å². The topological polar surface area (TPSA) is 187 Å². The molecule has 18 nitrogen and oxygen atoms in total. The van der Waals surface area contributed by atoms with Gasteiger partial charge in [0.05, 0.1) is 112 Å². The summed E-state index contributed by atoms with van der Waals surface area (Å²) in [6.45, 7) is 16.1. The second kappa shape index (κ2) is 54.7. The van der Waals surface area contributed by atoms with E-state index in [-0.39, 0.29) is 80.8 Å². The van der Waals surface area contributed by atoms with Gasteiger partial charge >= 0.3 is 0 Å². The van der Waals surface area contributed by atoms with E-state index in [4.69, 9.17) is 66.3 Å². The van der Waals surface area contributed by atoms with Crippen LogP contribution in [0.15, 0.2) is 30.3 Å². The molecule has 0 saturated carbocycles. The Morgan fingerprint density at radius 1 is 0.398 bits per heavy atom. The summed E-state index contributed by atoms with van der Waals surface area (Å²) in [5.41, 5.74) is 1.04. The zero-order chi connectivity index (χ0) is 59.9. The number of amides is 2. The first-order valence-corrected chi connectivity index (χ1v) is 31.8. The number of carbonyl (C=O) groups excluding carboxylic acids is 2. The Kier molecular flexibility index (Phi) is 49.5. The molecule has 0 bridgehead atoms. The lowest BCUT2D eigenvalue weighted by Gasteiger charge is -2.24. The molecule has 0 radical (unpaired) electrons. The van der Waals surface area contributed by atoms with E-state index in [9.17, 15) is 9.59 Å². The van der Waals surface area contributed by atoms with E-state index in [1.54, 1.807) is 33.5 Å². The molecule has 0 spiro atoms. The summed E-state index contributed by atoms with van der Waals surface area (Å²) < 4.78 is 80.7. The van der Waals surface area contributed by atoms with Gasteiger partial charge in [-0.05, 0) is 48.6 Å². The number of unbranched alkanes of at least 4 members (excludes halogenated alkanes) is 18. The van der Waals surface area contributed by atoms with Crippen molar-refractivity contribution in [3.05, 3.63) is 41.5 Å². The number of hydrogen-bond acceptors (Lipinski definition) is 16. The van der Waals surface area contributed by atoms with Gasteiger partial charge in [-0.15, -0.1) is 0 Å². The zero-order valence-electron chi connectivity index (χ0n) is 52.8. The van der Waals surface area contributed by atoms with Crippen LogP contribution in [0, 0.1) is 5.92 Å². The van der Waals surface area contributed by atoms with E-state index >= 15 is 0 Å². The van der Waals surface area contributed by atoms with Gasteiger partial charge in [0, 0.05) is 39.5 Å². The zero-order valence-corrected chi connectivity index (χ0v) is 52.8. The first-order chi connectivity index (χ1) is 40.8. The summed E-state index contributed by atoms with van der Waals surface area (Å²) in [6, 6.07) is 8.21. The van der Waals surface area contributed by atoms with Gasteiger partial charge in [-0.1, -0.05) is 150 Å². The first kappa shape index (κ1) is 75.1. The third-order valence-corrected chi connectivity index (χ3v) is 13.9. The van der Waals surface area contributed by atoms with Crippen LogP contribution in [0.5, 0.6) is 28.7 Å². The molecule has 2 N–H and O–H groups in total. The molecule has 0 aliphatic carbocycles. The molecule has 0 fully saturated rings. The molecule has 0 aliphatic heterocycles. The number of ether oxygens (including phenoxy) is 14. The lowest BCUT2D eigenvalue weighted by atomic mass is 9.97. The second-order valence-corrected chi connectivity index (χ2v) is 20.9. The Morgan fingerprint density at radius 3 is 1.12 bits per heavy atom. The van der Waals surface area contributed by atoms with E-state index in [0.717, 1.165) is 31.2 Å². The lowest BCUT2D eigenvalue weighted by molar-refractivity contribution is -0.124. The highest BCUT2D eigenvalue weighted by Gasteiger charge is 2.28. The van der Waals surface area contributed by atoms with Crippen molar-refractivity contribution >= 4 is 11.8 Å². The van der Waals surface area contributed by atoms with Crippen LogP contribution in [0.3, 0.4) is 0 Å². The highest BCUT2D eigenvalue weighted by molar-refractivity contribution is 5.98. The molecule has 480 valence electrons. The molecular weight excluding hydrogens is 1060 g/mol. The van der Waals surface area contributed by atoms with Gasteiger partial charge < -0.3 is 76.9 Å². The minimum atomic E-state index is -0.880. The molecular formula is C65H114N2O16. The Bertz CT molecular complexity index is 1740. The molecule has 0 aromatic heterocycles. The molecule has 0 aliphatic rings. The fourth-order valence-electron chi connectivity index (χ4n) is 8.76. The Morgan fingerprint density at radius 2 is 0.747 bits per heavy atom. The van der Waals surface area contributed by atoms with Crippen LogP contribution in [0.25, 0.3) is 0 Å². The molecule has 2 amide bonds. The summed E-state index contributed by atoms with van der Waals surface area (Å²) >= 11 is 0. The van der Waals surface area contributed by atoms with Crippen LogP contribution < -0.4 is 34.3 Å². The highest BCUT2D eigenvalue weighted by Crippen LogP contribution is 2.39. The second-order valence-electron chi connectivity index (χ2n) is 20.9. The highest BCUT2D eigenvalue weighted by atomic mass is 16.6. The number of rotatable bonds is 61. The Hall–Kier alpha value is -3.98. The summed E-state index contributed by atoms with van der Waals surface area (Å²) in [7, 11) is 4.87. The normalized spacial score (nSPS) is 12.1. The van der Waals surface area contributed by atoms with Crippen molar-refractivity contribution in [1.82, 2.24) is 10.6 Å². The Labute approximate surface area is 501 Å². The predicted octanol–water partition coefficient (Wildman–Crippen LogP) is 11.9. The molecule has 2 atom stereocenters. The molecule has 0 saturated heterocycles. The third-order valence-electron chi connectivity index (χ3n) is 13.9. The Balaban J connectivity index is 2.30. The van der Waals surface area contributed by atoms with Gasteiger partial charge in [-0.25, -0.2) is 0 Å². The molecule has 0 heterocycles. The van der Waals surface area contributed by atoms with Crippen LogP contribution in [0.4, 0.5) is 0 Å². The predicted molar refractivity (Wildman–Crippen MR) is 327 cm³/mol. The van der Waals surface area contributed by atoms with Gasteiger partial charge in [-0.3, -0.25) is 9.59 Å². The largest absolute Gasteiger partial charge is 0.493 e. The van der Waals surface area contributed by atoms with Crippen LogP contribution in [0.1, 0.15) is 178 Å². The maximum absolute atomic E-state index is 14.5. The van der Waals surface area contributed by atoms with Crippen LogP contribution in [0.2, 0.25) is 0 Å². The van der Waals surface area contributed by atoms with Crippen molar-refractivity contribution in [3.63, 3.8) is 0 Å². The molecule has 83 heavy (non-hydrogen) atoms. The van der Waals surface area contributed by atoms with Gasteiger partial charge in [0.15, 0.2) is 11.5 Å². The quantitative estimate of drug-likeness (QED) is 0.0595. The molecule has 1 unspecified atom stereocenters. The van der Waals surface area contributed by atoms with Crippen LogP contribution >= 0.6 is 0 Å². The third kappa shape index (κ3) is 40.1. The monoisotopic (exact) mass is 1180 g/mol. The standard InChI is InChI=1S/C65H114N2O16/c1-8-11-13-15-17-19-21-23-25-27-29-79-58-49-56(50-59(53-58)80-30-28-26-24-22-20-18-16-14-12-9-2)54-66-65(69)62(55(4)10-3)67-64(68)57-51-60(81-46-43-76-40-37-73-34-31-70-5)63(83-48-45-78-42-39-75-36-33-72-7)61(52-57)82-47-44-77-41-38-74-35-32-71-6/h49-53,55,62H,8-48,54H2,1-7H3,(H,66,69)(H,67,68)/t55?,62-/m0/s1. The maximum atomic E-state index is 14.5. The number of nitrogens with one attached hydrogen (secondary N) is 2. The van der Waals surface area contributed by atoms with Crippen molar-refractivity contribution in [1.29, 1.82) is 0 Å². The average molecular weight is 1180 g/mol. The summed E-state index contributed by atoms with van der Waals surface area (Å²) in [4.78, 5) is 28.8. The summed E-state index contributed by atoms with van der Waals surface area (Å²) in [5.74, 6) is 1.15. The van der Waals surface area contributed by atoms with Crippen molar-refractivity contribution in [2.75, 3.05) is 153 Å². The molecule has 2 rings (SSSR count). The maximum Gasteiger partial charge on any atom is 0.252 e. The van der Waals surface area contributed by atoms with E-state index in [1.165, 1.54) is 103 Å². The number of benzene rings is 2. The van der Waals surface area contributed by atoms with Gasteiger partial charge in [0.25, 0.3) is 5.91 Å². The van der Waals surface area contributed by atoms with Crippen LogP contribution in [-0.2, 0) is 54.0 Å². The number of methoxy groups -OCH3 is 3. The van der Waals surface area contributed by atoms with Gasteiger partial charge in [-0.2, -0.15) is 0 Å². The fourth-order valence-corrected chi connectivity index (χ4v) is 8.76.